The van der Waals surface area contributed by atoms with Crippen molar-refractivity contribution >= 4 is 5.91 Å². The molecule has 2 rings (SSSR count). The highest BCUT2D eigenvalue weighted by Gasteiger charge is 2.42. The van der Waals surface area contributed by atoms with E-state index in [-0.39, 0.29) is 0 Å². The van der Waals surface area contributed by atoms with Crippen molar-refractivity contribution in [1.82, 2.24) is 4.90 Å². The van der Waals surface area contributed by atoms with Gasteiger partial charge in [0.15, 0.2) is 0 Å². The first kappa shape index (κ1) is 12.4. The minimum Gasteiger partial charge on any atom is -0.332 e. The quantitative estimate of drug-likeness (QED) is 0.729. The van der Waals surface area contributed by atoms with Crippen LogP contribution < -0.4 is 0 Å². The van der Waals surface area contributed by atoms with Crippen LogP contribution in [0.5, 0.6) is 0 Å². The van der Waals surface area contributed by atoms with Crippen molar-refractivity contribution in [2.45, 2.75) is 58.0 Å². The van der Waals surface area contributed by atoms with Gasteiger partial charge in [-0.2, -0.15) is 0 Å². The van der Waals surface area contributed by atoms with Crippen molar-refractivity contribution in [3.63, 3.8) is 0 Å². The Balaban J connectivity index is 2.34. The van der Waals surface area contributed by atoms with Crippen LogP contribution in [0.25, 0.3) is 0 Å². The van der Waals surface area contributed by atoms with Crippen LogP contribution in [0.4, 0.5) is 0 Å². The molecule has 0 spiro atoms. The second kappa shape index (κ2) is 5.07. The van der Waals surface area contributed by atoms with E-state index < -0.39 is 0 Å². The molecule has 1 fully saturated rings. The summed E-state index contributed by atoms with van der Waals surface area (Å²) in [5.74, 6) is 0.877. The van der Waals surface area contributed by atoms with E-state index in [1.807, 2.05) is 6.08 Å². The molecule has 94 valence electrons. The summed E-state index contributed by atoms with van der Waals surface area (Å²) in [6.45, 7) is 8.31. The van der Waals surface area contributed by atoms with Gasteiger partial charge in [0.2, 0.25) is 5.91 Å². The third-order valence-electron chi connectivity index (χ3n) is 4.19. The Bertz CT molecular complexity index is 345. The highest BCUT2D eigenvalue weighted by Crippen LogP contribution is 2.38. The predicted molar refractivity (Wildman–Crippen MR) is 70.6 cm³/mol. The molecule has 0 aromatic carbocycles. The van der Waals surface area contributed by atoms with Gasteiger partial charge >= 0.3 is 0 Å². The van der Waals surface area contributed by atoms with Gasteiger partial charge in [-0.25, -0.2) is 0 Å². The number of rotatable bonds is 4. The summed E-state index contributed by atoms with van der Waals surface area (Å²) >= 11 is 0. The SMILES string of the molecule is C=CC1=C[C@H](CC)[C@@H]2CCC(=O)N2[C@@H]1CCC. The second-order valence-electron chi connectivity index (χ2n) is 5.15. The molecule has 0 aliphatic carbocycles. The van der Waals surface area contributed by atoms with E-state index in [0.717, 1.165) is 32.1 Å². The average molecular weight is 233 g/mol. The number of hydrogen-bond acceptors (Lipinski definition) is 1. The summed E-state index contributed by atoms with van der Waals surface area (Å²) in [6.07, 6.45) is 9.39. The Morgan fingerprint density at radius 3 is 2.88 bits per heavy atom. The molecule has 0 radical (unpaired) electrons. The van der Waals surface area contributed by atoms with Gasteiger partial charge in [-0.05, 0) is 30.8 Å². The van der Waals surface area contributed by atoms with Gasteiger partial charge in [0.05, 0.1) is 6.04 Å². The molecule has 0 aromatic heterocycles. The first-order valence-electron chi connectivity index (χ1n) is 6.88. The van der Waals surface area contributed by atoms with Crippen LogP contribution >= 0.6 is 0 Å². The maximum absolute atomic E-state index is 12.1. The zero-order valence-electron chi connectivity index (χ0n) is 11.0. The standard InChI is InChI=1S/C15H23NO/c1-4-7-13-11(5-2)10-12(6-3)14-8-9-15(17)16(13)14/h5,10,12-14H,2,4,6-9H2,1,3H3/t12-,13+,14-/m0/s1. The van der Waals surface area contributed by atoms with E-state index in [0.29, 0.717) is 23.9 Å². The fraction of sp³-hybridized carbons (Fsp3) is 0.667. The number of carbonyl (C=O) groups is 1. The maximum atomic E-state index is 12.1. The summed E-state index contributed by atoms with van der Waals surface area (Å²) in [4.78, 5) is 14.2. The minimum absolute atomic E-state index is 0.292. The maximum Gasteiger partial charge on any atom is 0.223 e. The van der Waals surface area contributed by atoms with E-state index in [1.54, 1.807) is 0 Å². The third-order valence-corrected chi connectivity index (χ3v) is 4.19. The van der Waals surface area contributed by atoms with Gasteiger partial charge in [-0.1, -0.05) is 39.0 Å². The molecule has 17 heavy (non-hydrogen) atoms. The molecule has 0 bridgehead atoms. The third kappa shape index (κ3) is 2.05. The van der Waals surface area contributed by atoms with Crippen LogP contribution in [0.1, 0.15) is 46.0 Å². The average Bonchev–Trinajstić information content (AvgIpc) is 2.72. The highest BCUT2D eigenvalue weighted by molar-refractivity contribution is 5.80. The van der Waals surface area contributed by atoms with Crippen molar-refractivity contribution in [2.75, 3.05) is 0 Å². The van der Waals surface area contributed by atoms with Gasteiger partial charge in [-0.15, -0.1) is 0 Å². The fourth-order valence-corrected chi connectivity index (χ4v) is 3.35. The lowest BCUT2D eigenvalue weighted by atomic mass is 9.84. The second-order valence-corrected chi connectivity index (χ2v) is 5.15. The van der Waals surface area contributed by atoms with Crippen LogP contribution in [0, 0.1) is 5.92 Å². The molecule has 1 amide bonds. The molecular formula is C15H23NO. The Kier molecular flexibility index (Phi) is 3.70. The van der Waals surface area contributed by atoms with Crippen molar-refractivity contribution in [2.24, 2.45) is 5.92 Å². The number of nitrogens with zero attached hydrogens (tertiary/aromatic N) is 1. The minimum atomic E-state index is 0.292. The van der Waals surface area contributed by atoms with E-state index in [9.17, 15) is 4.79 Å². The molecule has 0 saturated carbocycles. The van der Waals surface area contributed by atoms with E-state index >= 15 is 0 Å². The van der Waals surface area contributed by atoms with Crippen LogP contribution in [-0.4, -0.2) is 22.9 Å². The van der Waals surface area contributed by atoms with Crippen molar-refractivity contribution in [3.05, 3.63) is 24.3 Å². The van der Waals surface area contributed by atoms with Gasteiger partial charge in [-0.3, -0.25) is 4.79 Å². The van der Waals surface area contributed by atoms with Crippen molar-refractivity contribution in [3.8, 4) is 0 Å². The van der Waals surface area contributed by atoms with Gasteiger partial charge < -0.3 is 4.90 Å². The first-order chi connectivity index (χ1) is 8.22. The summed E-state index contributed by atoms with van der Waals surface area (Å²) < 4.78 is 0. The van der Waals surface area contributed by atoms with Crippen LogP contribution in [0.2, 0.25) is 0 Å². The Morgan fingerprint density at radius 1 is 1.53 bits per heavy atom. The van der Waals surface area contributed by atoms with Crippen molar-refractivity contribution in [1.29, 1.82) is 0 Å². The highest BCUT2D eigenvalue weighted by atomic mass is 16.2. The van der Waals surface area contributed by atoms with E-state index in [2.05, 4.69) is 31.4 Å². The summed E-state index contributed by atoms with van der Waals surface area (Å²) in [5, 5.41) is 0. The Morgan fingerprint density at radius 2 is 2.29 bits per heavy atom. The van der Waals surface area contributed by atoms with Crippen LogP contribution in [-0.2, 0) is 4.79 Å². The molecule has 0 unspecified atom stereocenters. The smallest absolute Gasteiger partial charge is 0.223 e. The zero-order valence-corrected chi connectivity index (χ0v) is 11.0. The molecule has 2 aliphatic rings. The van der Waals surface area contributed by atoms with E-state index in [4.69, 9.17) is 0 Å². The molecule has 3 atom stereocenters. The van der Waals surface area contributed by atoms with Crippen molar-refractivity contribution < 1.29 is 4.79 Å². The monoisotopic (exact) mass is 233 g/mol. The molecule has 2 heterocycles. The number of carbonyl (C=O) groups excluding carboxylic acids is 1. The summed E-state index contributed by atoms with van der Waals surface area (Å²) in [6, 6.07) is 0.744. The molecule has 0 aromatic rings. The number of fused-ring (bicyclic) bond motifs is 1. The van der Waals surface area contributed by atoms with E-state index in [1.165, 1.54) is 5.57 Å². The zero-order chi connectivity index (χ0) is 12.4. The lowest BCUT2D eigenvalue weighted by Gasteiger charge is -2.41. The number of hydrogen-bond donors (Lipinski definition) is 0. The van der Waals surface area contributed by atoms with Crippen LogP contribution in [0.3, 0.4) is 0 Å². The molecule has 0 N–H and O–H groups in total. The lowest BCUT2D eigenvalue weighted by Crippen LogP contribution is -2.48. The largest absolute Gasteiger partial charge is 0.332 e. The number of amides is 1. The Labute approximate surface area is 104 Å². The first-order valence-corrected chi connectivity index (χ1v) is 6.88. The molecule has 2 aliphatic heterocycles. The molecular weight excluding hydrogens is 210 g/mol. The normalized spacial score (nSPS) is 32.4. The van der Waals surface area contributed by atoms with Gasteiger partial charge in [0.1, 0.15) is 0 Å². The predicted octanol–water partition coefficient (Wildman–Crippen LogP) is 3.30. The molecule has 2 heteroatoms. The fourth-order valence-electron chi connectivity index (χ4n) is 3.35. The topological polar surface area (TPSA) is 20.3 Å². The Hall–Kier alpha value is -1.05. The molecule has 1 saturated heterocycles. The molecule has 2 nitrogen and oxygen atoms in total. The van der Waals surface area contributed by atoms with Gasteiger partial charge in [0, 0.05) is 12.5 Å². The lowest BCUT2D eigenvalue weighted by molar-refractivity contribution is -0.131. The van der Waals surface area contributed by atoms with Gasteiger partial charge in [0.25, 0.3) is 0 Å². The van der Waals surface area contributed by atoms with Crippen LogP contribution in [0.15, 0.2) is 24.3 Å². The summed E-state index contributed by atoms with van der Waals surface area (Å²) in [5.41, 5.74) is 1.27. The summed E-state index contributed by atoms with van der Waals surface area (Å²) in [7, 11) is 0.